The highest BCUT2D eigenvalue weighted by atomic mass is 35.5. The van der Waals surface area contributed by atoms with Crippen molar-refractivity contribution in [1.82, 2.24) is 9.55 Å². The number of imidazole rings is 1. The lowest BCUT2D eigenvalue weighted by molar-refractivity contribution is 0.628. The van der Waals surface area contributed by atoms with Gasteiger partial charge in [0.1, 0.15) is 0 Å². The van der Waals surface area contributed by atoms with E-state index in [0.717, 1.165) is 16.6 Å². The highest BCUT2D eigenvalue weighted by molar-refractivity contribution is 6.35. The van der Waals surface area contributed by atoms with Gasteiger partial charge in [0, 0.05) is 0 Å². The Morgan fingerprint density at radius 2 is 1.85 bits per heavy atom. The summed E-state index contributed by atoms with van der Waals surface area (Å²) in [6.07, 6.45) is 0. The zero-order valence-electron chi connectivity index (χ0n) is 10.5. The highest BCUT2D eigenvalue weighted by Crippen LogP contribution is 2.31. The fraction of sp³-hybridized carbons (Fsp3) is 0.0714. The predicted molar refractivity (Wildman–Crippen MR) is 80.2 cm³/mol. The average Bonchev–Trinajstić information content (AvgIpc) is 2.73. The smallest absolute Gasteiger partial charge is 0.205 e. The third-order valence-corrected chi connectivity index (χ3v) is 3.69. The number of nitrogens with zero attached hydrogens (tertiary/aromatic N) is 2. The van der Waals surface area contributed by atoms with Crippen molar-refractivity contribution in [2.24, 2.45) is 0 Å². The molecular formula is C14H10Cl2FN3. The minimum absolute atomic E-state index is 0.0543. The van der Waals surface area contributed by atoms with E-state index in [4.69, 9.17) is 28.9 Å². The van der Waals surface area contributed by atoms with Gasteiger partial charge >= 0.3 is 0 Å². The van der Waals surface area contributed by atoms with Gasteiger partial charge in [0.15, 0.2) is 5.82 Å². The molecule has 3 rings (SSSR count). The van der Waals surface area contributed by atoms with E-state index in [0.29, 0.717) is 11.6 Å². The van der Waals surface area contributed by atoms with Crippen molar-refractivity contribution < 1.29 is 4.39 Å². The third-order valence-electron chi connectivity index (χ3n) is 3.14. The van der Waals surface area contributed by atoms with E-state index in [1.165, 1.54) is 12.1 Å². The molecule has 0 saturated carbocycles. The van der Waals surface area contributed by atoms with Crippen LogP contribution in [-0.4, -0.2) is 9.55 Å². The summed E-state index contributed by atoms with van der Waals surface area (Å²) < 4.78 is 15.2. The predicted octanol–water partition coefficient (Wildman–Crippen LogP) is 4.36. The van der Waals surface area contributed by atoms with Crippen LogP contribution in [0.2, 0.25) is 10.0 Å². The van der Waals surface area contributed by atoms with E-state index in [2.05, 4.69) is 4.98 Å². The molecule has 0 saturated heterocycles. The van der Waals surface area contributed by atoms with Crippen molar-refractivity contribution >= 4 is 40.2 Å². The van der Waals surface area contributed by atoms with Gasteiger partial charge in [-0.25, -0.2) is 9.37 Å². The Hall–Kier alpha value is -1.78. The summed E-state index contributed by atoms with van der Waals surface area (Å²) in [4.78, 5) is 4.33. The second-order valence-electron chi connectivity index (χ2n) is 4.47. The fourth-order valence-electron chi connectivity index (χ4n) is 2.20. The van der Waals surface area contributed by atoms with E-state index >= 15 is 0 Å². The van der Waals surface area contributed by atoms with Crippen LogP contribution in [0.25, 0.3) is 16.7 Å². The van der Waals surface area contributed by atoms with E-state index in [1.54, 1.807) is 4.57 Å². The van der Waals surface area contributed by atoms with Gasteiger partial charge in [-0.2, -0.15) is 0 Å². The van der Waals surface area contributed by atoms with Gasteiger partial charge in [-0.15, -0.1) is 0 Å². The molecule has 1 heterocycles. The summed E-state index contributed by atoms with van der Waals surface area (Å²) in [5.74, 6) is -0.343. The van der Waals surface area contributed by atoms with Crippen LogP contribution in [0.5, 0.6) is 0 Å². The average molecular weight is 310 g/mol. The largest absolute Gasteiger partial charge is 0.369 e. The number of hydrogen-bond donors (Lipinski definition) is 1. The van der Waals surface area contributed by atoms with Crippen molar-refractivity contribution in [3.8, 4) is 5.69 Å². The van der Waals surface area contributed by atoms with Crippen molar-refractivity contribution in [2.75, 3.05) is 5.73 Å². The zero-order chi connectivity index (χ0) is 14.4. The second kappa shape index (κ2) is 4.65. The molecule has 0 bridgehead atoms. The summed E-state index contributed by atoms with van der Waals surface area (Å²) in [7, 11) is 0. The molecule has 20 heavy (non-hydrogen) atoms. The standard InChI is InChI=1S/C14H10Cl2FN3/c1-7-3-2-4-11-13(7)19-14(18)20(11)8-5-9(15)12(17)10(16)6-8/h2-6H,1H3,(H2,18,19). The number of aryl methyl sites for hydroxylation is 1. The molecule has 0 aliphatic heterocycles. The number of halogens is 3. The quantitative estimate of drug-likeness (QED) is 0.679. The molecule has 0 spiro atoms. The van der Waals surface area contributed by atoms with Crippen molar-refractivity contribution in [2.45, 2.75) is 6.92 Å². The normalized spacial score (nSPS) is 11.2. The van der Waals surface area contributed by atoms with E-state index < -0.39 is 5.82 Å². The Kier molecular flexibility index (Phi) is 3.07. The van der Waals surface area contributed by atoms with Crippen LogP contribution in [0, 0.1) is 12.7 Å². The van der Waals surface area contributed by atoms with Gasteiger partial charge in [0.2, 0.25) is 5.95 Å². The minimum atomic E-state index is -0.642. The summed E-state index contributed by atoms with van der Waals surface area (Å²) in [6.45, 7) is 1.95. The molecule has 1 aromatic heterocycles. The Balaban J connectivity index is 2.35. The maximum atomic E-state index is 13.5. The summed E-state index contributed by atoms with van der Waals surface area (Å²) in [5.41, 5.74) is 9.16. The molecule has 2 aromatic carbocycles. The van der Waals surface area contributed by atoms with Crippen LogP contribution in [0.15, 0.2) is 30.3 Å². The molecule has 102 valence electrons. The SMILES string of the molecule is Cc1cccc2c1nc(N)n2-c1cc(Cl)c(F)c(Cl)c1. The lowest BCUT2D eigenvalue weighted by Crippen LogP contribution is -2.01. The molecule has 3 nitrogen and oxygen atoms in total. The number of nitrogen functional groups attached to an aromatic ring is 1. The zero-order valence-corrected chi connectivity index (χ0v) is 12.0. The number of hydrogen-bond acceptors (Lipinski definition) is 2. The lowest BCUT2D eigenvalue weighted by atomic mass is 10.2. The van der Waals surface area contributed by atoms with Crippen molar-refractivity contribution in [3.05, 3.63) is 51.8 Å². The van der Waals surface area contributed by atoms with Crippen LogP contribution in [0.4, 0.5) is 10.3 Å². The number of para-hydroxylation sites is 1. The van der Waals surface area contributed by atoms with Crippen LogP contribution in [0.3, 0.4) is 0 Å². The van der Waals surface area contributed by atoms with Gasteiger partial charge in [0.05, 0.1) is 26.8 Å². The van der Waals surface area contributed by atoms with Gasteiger partial charge in [-0.3, -0.25) is 4.57 Å². The molecule has 0 fully saturated rings. The molecule has 0 radical (unpaired) electrons. The first kappa shape index (κ1) is 13.2. The fourth-order valence-corrected chi connectivity index (χ4v) is 2.68. The number of anilines is 1. The van der Waals surface area contributed by atoms with Crippen LogP contribution < -0.4 is 5.73 Å². The highest BCUT2D eigenvalue weighted by Gasteiger charge is 2.14. The molecule has 3 aromatic rings. The molecule has 2 N–H and O–H groups in total. The molecule has 6 heteroatoms. The number of nitrogens with two attached hydrogens (primary N) is 1. The van der Waals surface area contributed by atoms with Gasteiger partial charge in [-0.05, 0) is 30.7 Å². The first-order valence-corrected chi connectivity index (χ1v) is 6.63. The lowest BCUT2D eigenvalue weighted by Gasteiger charge is -2.08. The second-order valence-corrected chi connectivity index (χ2v) is 5.29. The van der Waals surface area contributed by atoms with Crippen LogP contribution in [-0.2, 0) is 0 Å². The Morgan fingerprint density at radius 1 is 1.20 bits per heavy atom. The Labute approximate surface area is 124 Å². The van der Waals surface area contributed by atoms with Crippen molar-refractivity contribution in [1.29, 1.82) is 0 Å². The Morgan fingerprint density at radius 3 is 2.50 bits per heavy atom. The molecule has 0 amide bonds. The van der Waals surface area contributed by atoms with Gasteiger partial charge in [-0.1, -0.05) is 35.3 Å². The third kappa shape index (κ3) is 1.92. The summed E-state index contributed by atoms with van der Waals surface area (Å²) in [6, 6.07) is 8.69. The maximum Gasteiger partial charge on any atom is 0.205 e. The number of aromatic nitrogens is 2. The first-order valence-electron chi connectivity index (χ1n) is 5.87. The molecule has 0 aliphatic rings. The summed E-state index contributed by atoms with van der Waals surface area (Å²) >= 11 is 11.7. The molecule has 0 unspecified atom stereocenters. The maximum absolute atomic E-state index is 13.5. The topological polar surface area (TPSA) is 43.8 Å². The number of rotatable bonds is 1. The number of fused-ring (bicyclic) bond motifs is 1. The van der Waals surface area contributed by atoms with E-state index in [1.807, 2.05) is 25.1 Å². The van der Waals surface area contributed by atoms with Gasteiger partial charge < -0.3 is 5.73 Å². The molecular weight excluding hydrogens is 300 g/mol. The van der Waals surface area contributed by atoms with E-state index in [-0.39, 0.29) is 10.0 Å². The van der Waals surface area contributed by atoms with Gasteiger partial charge in [0.25, 0.3) is 0 Å². The molecule has 0 atom stereocenters. The monoisotopic (exact) mass is 309 g/mol. The van der Waals surface area contributed by atoms with E-state index in [9.17, 15) is 4.39 Å². The molecule has 0 aliphatic carbocycles. The van der Waals surface area contributed by atoms with Crippen LogP contribution >= 0.6 is 23.2 Å². The Bertz CT molecular complexity index is 804. The minimum Gasteiger partial charge on any atom is -0.369 e. The summed E-state index contributed by atoms with van der Waals surface area (Å²) in [5, 5.41) is -0.109. The van der Waals surface area contributed by atoms with Crippen molar-refractivity contribution in [3.63, 3.8) is 0 Å². The first-order chi connectivity index (χ1) is 9.49. The van der Waals surface area contributed by atoms with Crippen LogP contribution in [0.1, 0.15) is 5.56 Å². The number of benzene rings is 2.